The molecule has 0 aliphatic heterocycles. The molecule has 0 saturated carbocycles. The first-order valence-electron chi connectivity index (χ1n) is 5.92. The second-order valence-corrected chi connectivity index (χ2v) is 4.14. The van der Waals surface area contributed by atoms with Gasteiger partial charge in [0.1, 0.15) is 0 Å². The monoisotopic (exact) mass is 250 g/mol. The van der Waals surface area contributed by atoms with Crippen molar-refractivity contribution in [3.05, 3.63) is 35.4 Å². The van der Waals surface area contributed by atoms with Crippen molar-refractivity contribution < 1.29 is 19.3 Å². The summed E-state index contributed by atoms with van der Waals surface area (Å²) in [4.78, 5) is 0. The van der Waals surface area contributed by atoms with E-state index >= 15 is 0 Å². The van der Waals surface area contributed by atoms with Crippen LogP contribution in [0.3, 0.4) is 0 Å². The molecule has 1 unspecified atom stereocenters. The molecule has 0 aromatic heterocycles. The zero-order valence-electron chi connectivity index (χ0n) is 10.7. The standard InChI is InChI=1S/C14H18O4/c1-16-9-18-14-11-5-3-4-6-12(15)10(11)7-8-13(14)17-2/h3-4,7-8,12,15H,5-6,9H2,1-2H3. The van der Waals surface area contributed by atoms with E-state index in [1.54, 1.807) is 14.2 Å². The smallest absolute Gasteiger partial charge is 0.188 e. The Bertz CT molecular complexity index is 440. The van der Waals surface area contributed by atoms with Gasteiger partial charge in [-0.3, -0.25) is 0 Å². The molecule has 0 heterocycles. The molecule has 1 N–H and O–H groups in total. The van der Waals surface area contributed by atoms with E-state index in [-0.39, 0.29) is 6.79 Å². The van der Waals surface area contributed by atoms with Gasteiger partial charge < -0.3 is 19.3 Å². The SMILES string of the molecule is COCOc1c(OC)ccc2c1CC=CCC2O. The highest BCUT2D eigenvalue weighted by molar-refractivity contribution is 5.53. The quantitative estimate of drug-likeness (QED) is 0.657. The summed E-state index contributed by atoms with van der Waals surface area (Å²) in [5, 5.41) is 10.1. The van der Waals surface area contributed by atoms with Crippen LogP contribution in [0.1, 0.15) is 23.7 Å². The molecule has 1 atom stereocenters. The third-order valence-electron chi connectivity index (χ3n) is 3.01. The fourth-order valence-corrected chi connectivity index (χ4v) is 2.13. The number of rotatable bonds is 4. The molecular weight excluding hydrogens is 232 g/mol. The lowest BCUT2D eigenvalue weighted by molar-refractivity contribution is 0.0482. The first kappa shape index (κ1) is 12.9. The topological polar surface area (TPSA) is 47.9 Å². The van der Waals surface area contributed by atoms with Crippen LogP contribution in [-0.2, 0) is 11.2 Å². The Hall–Kier alpha value is -1.52. The van der Waals surface area contributed by atoms with E-state index < -0.39 is 6.10 Å². The zero-order valence-corrected chi connectivity index (χ0v) is 10.7. The van der Waals surface area contributed by atoms with E-state index in [9.17, 15) is 5.11 Å². The van der Waals surface area contributed by atoms with Gasteiger partial charge in [0.25, 0.3) is 0 Å². The van der Waals surface area contributed by atoms with E-state index in [2.05, 4.69) is 0 Å². The highest BCUT2D eigenvalue weighted by atomic mass is 16.7. The van der Waals surface area contributed by atoms with Crippen molar-refractivity contribution in [2.75, 3.05) is 21.0 Å². The predicted molar refractivity (Wildman–Crippen MR) is 67.9 cm³/mol. The van der Waals surface area contributed by atoms with Gasteiger partial charge in [0.05, 0.1) is 13.2 Å². The molecule has 1 aromatic carbocycles. The number of ether oxygens (including phenoxy) is 3. The molecule has 1 aliphatic rings. The third-order valence-corrected chi connectivity index (χ3v) is 3.01. The van der Waals surface area contributed by atoms with Crippen LogP contribution in [0.4, 0.5) is 0 Å². The lowest BCUT2D eigenvalue weighted by Crippen LogP contribution is -2.07. The van der Waals surface area contributed by atoms with Crippen LogP contribution in [-0.4, -0.2) is 26.1 Å². The Morgan fingerprint density at radius 3 is 2.83 bits per heavy atom. The average Bonchev–Trinajstić information content (AvgIpc) is 2.58. The van der Waals surface area contributed by atoms with Crippen molar-refractivity contribution in [3.8, 4) is 11.5 Å². The number of hydrogen-bond donors (Lipinski definition) is 1. The van der Waals surface area contributed by atoms with Crippen molar-refractivity contribution in [1.82, 2.24) is 0 Å². The van der Waals surface area contributed by atoms with Gasteiger partial charge in [0.2, 0.25) is 0 Å². The summed E-state index contributed by atoms with van der Waals surface area (Å²) in [6.07, 6.45) is 4.88. The third kappa shape index (κ3) is 2.49. The van der Waals surface area contributed by atoms with Crippen LogP contribution < -0.4 is 9.47 Å². The maximum absolute atomic E-state index is 10.1. The number of allylic oxidation sites excluding steroid dienone is 1. The number of methoxy groups -OCH3 is 2. The largest absolute Gasteiger partial charge is 0.493 e. The number of aliphatic hydroxyl groups is 1. The van der Waals surface area contributed by atoms with Crippen LogP contribution in [0.5, 0.6) is 11.5 Å². The molecule has 4 nitrogen and oxygen atoms in total. The Kier molecular flexibility index (Phi) is 4.23. The molecule has 1 aliphatic carbocycles. The first-order valence-corrected chi connectivity index (χ1v) is 5.92. The Labute approximate surface area is 107 Å². The van der Waals surface area contributed by atoms with Crippen molar-refractivity contribution >= 4 is 0 Å². The fraction of sp³-hybridized carbons (Fsp3) is 0.429. The second kappa shape index (κ2) is 5.89. The maximum atomic E-state index is 10.1. The Morgan fingerprint density at radius 1 is 1.28 bits per heavy atom. The normalized spacial score (nSPS) is 18.1. The molecule has 0 bridgehead atoms. The van der Waals surface area contributed by atoms with E-state index in [0.717, 1.165) is 17.5 Å². The second-order valence-electron chi connectivity index (χ2n) is 4.14. The molecule has 2 rings (SSSR count). The minimum absolute atomic E-state index is 0.159. The maximum Gasteiger partial charge on any atom is 0.188 e. The first-order chi connectivity index (χ1) is 8.77. The molecule has 18 heavy (non-hydrogen) atoms. The summed E-state index contributed by atoms with van der Waals surface area (Å²) in [6, 6.07) is 3.71. The van der Waals surface area contributed by atoms with E-state index in [1.165, 1.54) is 0 Å². The minimum Gasteiger partial charge on any atom is -0.493 e. The summed E-state index contributed by atoms with van der Waals surface area (Å²) in [7, 11) is 3.17. The molecule has 0 amide bonds. The molecule has 1 aromatic rings. The predicted octanol–water partition coefficient (Wildman–Crippen LogP) is 2.21. The number of aliphatic hydroxyl groups excluding tert-OH is 1. The van der Waals surface area contributed by atoms with E-state index in [1.807, 2.05) is 24.3 Å². The highest BCUT2D eigenvalue weighted by Crippen LogP contribution is 2.38. The summed E-state index contributed by atoms with van der Waals surface area (Å²) < 4.78 is 15.8. The fourth-order valence-electron chi connectivity index (χ4n) is 2.13. The lowest BCUT2D eigenvalue weighted by Gasteiger charge is -2.18. The van der Waals surface area contributed by atoms with Crippen LogP contribution in [0.2, 0.25) is 0 Å². The van der Waals surface area contributed by atoms with Gasteiger partial charge in [-0.05, 0) is 24.5 Å². The van der Waals surface area contributed by atoms with Crippen molar-refractivity contribution in [1.29, 1.82) is 0 Å². The summed E-state index contributed by atoms with van der Waals surface area (Å²) in [6.45, 7) is 0.159. The van der Waals surface area contributed by atoms with Gasteiger partial charge in [-0.25, -0.2) is 0 Å². The van der Waals surface area contributed by atoms with E-state index in [4.69, 9.17) is 14.2 Å². The molecule has 0 saturated heterocycles. The van der Waals surface area contributed by atoms with Gasteiger partial charge >= 0.3 is 0 Å². The Balaban J connectivity index is 2.45. The van der Waals surface area contributed by atoms with Crippen LogP contribution in [0, 0.1) is 0 Å². The average molecular weight is 250 g/mol. The van der Waals surface area contributed by atoms with Crippen LogP contribution in [0.25, 0.3) is 0 Å². The Morgan fingerprint density at radius 2 is 2.11 bits per heavy atom. The molecule has 0 radical (unpaired) electrons. The lowest BCUT2D eigenvalue weighted by atomic mass is 9.99. The van der Waals surface area contributed by atoms with E-state index in [0.29, 0.717) is 17.9 Å². The number of hydrogen-bond acceptors (Lipinski definition) is 4. The molecule has 0 spiro atoms. The number of fused-ring (bicyclic) bond motifs is 1. The van der Waals surface area contributed by atoms with Gasteiger partial charge in [-0.1, -0.05) is 18.2 Å². The van der Waals surface area contributed by atoms with Crippen LogP contribution >= 0.6 is 0 Å². The summed E-state index contributed by atoms with van der Waals surface area (Å²) in [5.74, 6) is 1.32. The van der Waals surface area contributed by atoms with Gasteiger partial charge in [-0.15, -0.1) is 0 Å². The zero-order chi connectivity index (χ0) is 13.0. The van der Waals surface area contributed by atoms with Gasteiger partial charge in [-0.2, -0.15) is 0 Å². The van der Waals surface area contributed by atoms with Crippen molar-refractivity contribution in [3.63, 3.8) is 0 Å². The minimum atomic E-state index is -0.491. The van der Waals surface area contributed by atoms with Crippen LogP contribution in [0.15, 0.2) is 24.3 Å². The molecule has 4 heteroatoms. The van der Waals surface area contributed by atoms with Crippen molar-refractivity contribution in [2.45, 2.75) is 18.9 Å². The molecule has 98 valence electrons. The molecular formula is C14H18O4. The summed E-state index contributed by atoms with van der Waals surface area (Å²) in [5.41, 5.74) is 1.86. The van der Waals surface area contributed by atoms with Gasteiger partial charge in [0.15, 0.2) is 18.3 Å². The van der Waals surface area contributed by atoms with Crippen molar-refractivity contribution in [2.24, 2.45) is 0 Å². The highest BCUT2D eigenvalue weighted by Gasteiger charge is 2.20. The molecule has 0 fully saturated rings. The summed E-state index contributed by atoms with van der Waals surface area (Å²) >= 11 is 0. The number of benzene rings is 1. The van der Waals surface area contributed by atoms with Gasteiger partial charge in [0, 0.05) is 12.7 Å².